The van der Waals surface area contributed by atoms with E-state index in [1.807, 2.05) is 0 Å². The Bertz CT molecular complexity index is 211. The number of thiocarbonyl (C=S) groups is 1. The maximum absolute atomic E-state index is 10.4. The quantitative estimate of drug-likeness (QED) is 0.303. The van der Waals surface area contributed by atoms with Gasteiger partial charge < -0.3 is 4.74 Å². The maximum atomic E-state index is 10.4. The van der Waals surface area contributed by atoms with E-state index in [4.69, 9.17) is 4.74 Å². The summed E-state index contributed by atoms with van der Waals surface area (Å²) >= 11 is 4.51. The molecule has 0 saturated heterocycles. The van der Waals surface area contributed by atoms with Gasteiger partial charge in [0.2, 0.25) is 0 Å². The van der Waals surface area contributed by atoms with Gasteiger partial charge in [-0.1, -0.05) is 0 Å². The number of hydrogen-bond acceptors (Lipinski definition) is 4. The van der Waals surface area contributed by atoms with Crippen LogP contribution in [-0.2, 0) is 9.53 Å². The minimum Gasteiger partial charge on any atom is -0.466 e. The number of esters is 1. The number of rotatable bonds is 4. The summed E-state index contributed by atoms with van der Waals surface area (Å²) in [4.78, 5) is 10.4. The minimum absolute atomic E-state index is 0.244. The molecule has 0 rings (SSSR count). The summed E-state index contributed by atoms with van der Waals surface area (Å²) in [5, 5.41) is 2.38. The molecule has 68 valence electrons. The number of isothiocyanates is 1. The van der Waals surface area contributed by atoms with Crippen LogP contribution in [0.25, 0.3) is 0 Å². The molecule has 0 bridgehead atoms. The van der Waals surface area contributed by atoms with Crippen LogP contribution in [0.5, 0.6) is 0 Å². The normalized spacial score (nSPS) is 10.2. The van der Waals surface area contributed by atoms with Crippen molar-refractivity contribution in [1.29, 1.82) is 0 Å². The molecule has 0 fully saturated rings. The third-order valence-corrected chi connectivity index (χ3v) is 3.77. The zero-order chi connectivity index (χ0) is 9.61. The summed E-state index contributed by atoms with van der Waals surface area (Å²) in [6.07, 6.45) is 0. The van der Waals surface area contributed by atoms with Crippen molar-refractivity contribution in [3.05, 3.63) is 0 Å². The first-order valence-corrected chi connectivity index (χ1v) is 7.26. The van der Waals surface area contributed by atoms with Crippen LogP contribution in [0.1, 0.15) is 6.92 Å². The van der Waals surface area contributed by atoms with E-state index in [-0.39, 0.29) is 5.97 Å². The lowest BCUT2D eigenvalue weighted by molar-refractivity contribution is -0.140. The van der Waals surface area contributed by atoms with E-state index < -0.39 is 8.24 Å². The highest BCUT2D eigenvalue weighted by Crippen LogP contribution is 2.09. The topological polar surface area (TPSA) is 38.7 Å². The number of hydrogen-bond donors (Lipinski definition) is 0. The van der Waals surface area contributed by atoms with E-state index in [0.717, 1.165) is 6.04 Å². The van der Waals surface area contributed by atoms with Crippen molar-refractivity contribution >= 4 is 31.6 Å². The molecule has 0 atom stereocenters. The fraction of sp³-hybridized carbons (Fsp3) is 0.714. The zero-order valence-electron chi connectivity index (χ0n) is 7.59. The molecular formula is C7H13NO2SSi. The van der Waals surface area contributed by atoms with E-state index in [1.54, 1.807) is 0 Å². The van der Waals surface area contributed by atoms with Crippen LogP contribution in [0.3, 0.4) is 0 Å². The van der Waals surface area contributed by atoms with Crippen molar-refractivity contribution in [2.45, 2.75) is 26.1 Å². The van der Waals surface area contributed by atoms with E-state index in [1.165, 1.54) is 6.92 Å². The minimum atomic E-state index is -1.64. The van der Waals surface area contributed by atoms with Crippen LogP contribution in [0, 0.1) is 0 Å². The van der Waals surface area contributed by atoms with Crippen molar-refractivity contribution < 1.29 is 9.53 Å². The molecule has 0 aliphatic heterocycles. The van der Waals surface area contributed by atoms with E-state index in [9.17, 15) is 4.79 Å². The second-order valence-corrected chi connectivity index (χ2v) is 7.64. The molecule has 0 N–H and O–H groups in total. The van der Waals surface area contributed by atoms with Crippen molar-refractivity contribution in [1.82, 2.24) is 0 Å². The molecule has 0 heterocycles. The predicted molar refractivity (Wildman–Crippen MR) is 53.9 cm³/mol. The number of nitrogens with zero attached hydrogens (tertiary/aromatic N) is 1. The average molecular weight is 203 g/mol. The molecule has 0 aliphatic rings. The molecule has 0 aliphatic carbocycles. The molecule has 0 radical (unpaired) electrons. The van der Waals surface area contributed by atoms with Crippen molar-refractivity contribution in [2.75, 3.05) is 6.61 Å². The highest BCUT2D eigenvalue weighted by molar-refractivity contribution is 7.78. The Balaban J connectivity index is 3.75. The molecule has 0 amide bonds. The highest BCUT2D eigenvalue weighted by Gasteiger charge is 2.19. The molecule has 0 unspecified atom stereocenters. The van der Waals surface area contributed by atoms with Gasteiger partial charge in [0.15, 0.2) is 8.24 Å². The molecule has 0 saturated carbocycles. The second kappa shape index (κ2) is 5.19. The highest BCUT2D eigenvalue weighted by atomic mass is 32.1. The van der Waals surface area contributed by atoms with E-state index >= 15 is 0 Å². The van der Waals surface area contributed by atoms with Crippen LogP contribution in [0.15, 0.2) is 4.66 Å². The Morgan fingerprint density at radius 1 is 1.67 bits per heavy atom. The molecule has 0 aromatic rings. The van der Waals surface area contributed by atoms with E-state index in [2.05, 4.69) is 35.1 Å². The van der Waals surface area contributed by atoms with Gasteiger partial charge in [-0.2, -0.15) is 0 Å². The van der Waals surface area contributed by atoms with Crippen molar-refractivity contribution in [3.63, 3.8) is 0 Å². The lowest BCUT2D eigenvalue weighted by Gasteiger charge is -2.13. The number of carbonyl (C=O) groups excluding carboxylic acids is 1. The Kier molecular flexibility index (Phi) is 4.97. The van der Waals surface area contributed by atoms with E-state index in [0.29, 0.717) is 6.61 Å². The summed E-state index contributed by atoms with van der Waals surface area (Å²) in [6, 6.07) is 0.802. The van der Waals surface area contributed by atoms with Gasteiger partial charge in [-0.3, -0.25) is 9.45 Å². The molecule has 0 aromatic heterocycles. The molecule has 0 aromatic carbocycles. The summed E-state index contributed by atoms with van der Waals surface area (Å²) in [7, 11) is -1.64. The first-order valence-electron chi connectivity index (χ1n) is 3.70. The van der Waals surface area contributed by atoms with Crippen molar-refractivity contribution in [3.8, 4) is 0 Å². The SMILES string of the molecule is CC(=O)OCC[Si](C)(C)N=C=S. The fourth-order valence-corrected chi connectivity index (χ4v) is 2.33. The summed E-state index contributed by atoms with van der Waals surface area (Å²) in [5.74, 6) is -0.244. The van der Waals surface area contributed by atoms with Gasteiger partial charge in [-0.05, 0) is 31.4 Å². The van der Waals surface area contributed by atoms with Gasteiger partial charge in [0.25, 0.3) is 0 Å². The Morgan fingerprint density at radius 2 is 2.25 bits per heavy atom. The third kappa shape index (κ3) is 6.21. The maximum Gasteiger partial charge on any atom is 0.302 e. The molecule has 3 nitrogen and oxygen atoms in total. The Hall–Kier alpha value is -0.513. The number of ether oxygens (including phenoxy) is 1. The van der Waals surface area contributed by atoms with Gasteiger partial charge in [0.1, 0.15) is 0 Å². The van der Waals surface area contributed by atoms with Crippen molar-refractivity contribution in [2.24, 2.45) is 4.66 Å². The lowest BCUT2D eigenvalue weighted by atomic mass is 10.8. The van der Waals surface area contributed by atoms with Gasteiger partial charge in [-0.25, -0.2) is 0 Å². The van der Waals surface area contributed by atoms with Gasteiger partial charge in [-0.15, -0.1) is 0 Å². The van der Waals surface area contributed by atoms with Gasteiger partial charge >= 0.3 is 5.97 Å². The fourth-order valence-electron chi connectivity index (χ4n) is 0.624. The molecule has 12 heavy (non-hydrogen) atoms. The third-order valence-electron chi connectivity index (χ3n) is 1.37. The second-order valence-electron chi connectivity index (χ2n) is 3.11. The lowest BCUT2D eigenvalue weighted by Crippen LogP contribution is -2.24. The smallest absolute Gasteiger partial charge is 0.302 e. The first kappa shape index (κ1) is 11.5. The summed E-state index contributed by atoms with van der Waals surface area (Å²) in [6.45, 7) is 5.94. The Labute approximate surface area is 78.9 Å². The summed E-state index contributed by atoms with van der Waals surface area (Å²) in [5.41, 5.74) is 0. The van der Waals surface area contributed by atoms with Crippen LogP contribution in [-0.4, -0.2) is 26.0 Å². The molecule has 5 heteroatoms. The summed E-state index contributed by atoms with van der Waals surface area (Å²) < 4.78 is 8.86. The number of carbonyl (C=O) groups is 1. The van der Waals surface area contributed by atoms with Crippen LogP contribution in [0.4, 0.5) is 0 Å². The van der Waals surface area contributed by atoms with Crippen LogP contribution >= 0.6 is 12.2 Å². The predicted octanol–water partition coefficient (Wildman–Crippen LogP) is 1.86. The zero-order valence-corrected chi connectivity index (χ0v) is 9.40. The van der Waals surface area contributed by atoms with Gasteiger partial charge in [0, 0.05) is 12.1 Å². The molecular weight excluding hydrogens is 190 g/mol. The molecule has 0 spiro atoms. The largest absolute Gasteiger partial charge is 0.466 e. The van der Waals surface area contributed by atoms with Gasteiger partial charge in [0.05, 0.1) is 6.61 Å². The standard InChI is InChI=1S/C7H13NO2SSi/c1-7(9)10-4-5-12(2,3)8-6-11/h4-5H2,1-3H3. The first-order chi connectivity index (χ1) is 5.48. The van der Waals surface area contributed by atoms with Crippen LogP contribution in [0.2, 0.25) is 19.1 Å². The average Bonchev–Trinajstić information content (AvgIpc) is 1.85. The monoisotopic (exact) mass is 203 g/mol. The van der Waals surface area contributed by atoms with Crippen LogP contribution < -0.4 is 0 Å². The Morgan fingerprint density at radius 3 is 2.67 bits per heavy atom.